The summed E-state index contributed by atoms with van der Waals surface area (Å²) >= 11 is 5.73. The quantitative estimate of drug-likeness (QED) is 0.534. The lowest BCUT2D eigenvalue weighted by Gasteiger charge is -2.22. The summed E-state index contributed by atoms with van der Waals surface area (Å²) < 4.78 is 0. The normalized spacial score (nSPS) is 17.4. The third-order valence-electron chi connectivity index (χ3n) is 2.95. The Labute approximate surface area is 122 Å². The van der Waals surface area contributed by atoms with Gasteiger partial charge in [-0.15, -0.1) is 0 Å². The van der Waals surface area contributed by atoms with Crippen LogP contribution >= 0.6 is 6.70 Å². The minimum absolute atomic E-state index is 0.182. The molecule has 0 radical (unpaired) electrons. The van der Waals surface area contributed by atoms with Gasteiger partial charge in [-0.1, -0.05) is 55.4 Å². The maximum absolute atomic E-state index is 5.73. The van der Waals surface area contributed by atoms with Gasteiger partial charge in [-0.2, -0.15) is 0 Å². The van der Waals surface area contributed by atoms with Crippen LogP contribution in [0.5, 0.6) is 0 Å². The first-order valence-electron chi connectivity index (χ1n) is 7.31. The van der Waals surface area contributed by atoms with E-state index in [1.54, 1.807) is 0 Å². The van der Waals surface area contributed by atoms with Crippen molar-refractivity contribution < 1.29 is 0 Å². The highest BCUT2D eigenvalue weighted by molar-refractivity contribution is 8.05. The van der Waals surface area contributed by atoms with Gasteiger partial charge in [0.25, 0.3) is 0 Å². The van der Waals surface area contributed by atoms with Crippen molar-refractivity contribution in [2.45, 2.75) is 68.2 Å². The fourth-order valence-electron chi connectivity index (χ4n) is 2.99. The third-order valence-corrected chi connectivity index (χ3v) is 5.91. The summed E-state index contributed by atoms with van der Waals surface area (Å²) in [4.78, 5) is 0. The molecule has 0 bridgehead atoms. The van der Waals surface area contributed by atoms with Crippen LogP contribution in [0.15, 0.2) is 0 Å². The molecule has 0 saturated carbocycles. The molecule has 0 aromatic rings. The van der Waals surface area contributed by atoms with Gasteiger partial charge >= 0.3 is 0 Å². The molecule has 0 N–H and O–H groups in total. The maximum Gasteiger partial charge on any atom is 0.175 e. The van der Waals surface area contributed by atoms with Gasteiger partial charge in [0.1, 0.15) is 12.3 Å². The van der Waals surface area contributed by atoms with Crippen LogP contribution in [-0.2, 0) is 11.8 Å². The molecule has 0 aromatic carbocycles. The van der Waals surface area contributed by atoms with Crippen LogP contribution in [0.1, 0.15) is 68.2 Å². The minimum Gasteiger partial charge on any atom is -0.0602 e. The van der Waals surface area contributed by atoms with E-state index in [1.165, 1.54) is 25.2 Å². The lowest BCUT2D eigenvalue weighted by Crippen LogP contribution is -2.15. The van der Waals surface area contributed by atoms with E-state index in [1.807, 2.05) is 0 Å². The second-order valence-electron chi connectivity index (χ2n) is 8.59. The second-order valence-corrected chi connectivity index (χ2v) is 11.8. The molecule has 2 unspecified atom stereocenters. The van der Waals surface area contributed by atoms with Gasteiger partial charge in [0.15, 0.2) is 18.5 Å². The molecule has 0 amide bonds. The van der Waals surface area contributed by atoms with E-state index in [0.717, 1.165) is 11.8 Å². The molecule has 0 heterocycles. The smallest absolute Gasteiger partial charge is 0.0602 e. The van der Waals surface area contributed by atoms with E-state index in [0.29, 0.717) is 10.8 Å². The molecule has 18 heavy (non-hydrogen) atoms. The maximum atomic E-state index is 5.73. The van der Waals surface area contributed by atoms with Gasteiger partial charge in [0, 0.05) is 0 Å². The first kappa shape index (κ1) is 18.5. The van der Waals surface area contributed by atoms with E-state index in [9.17, 15) is 0 Å². The van der Waals surface area contributed by atoms with Gasteiger partial charge < -0.3 is 0 Å². The Bertz CT molecular complexity index is 231. The molecule has 0 spiro atoms. The fraction of sp³-hybridized carbons (Fsp3) is 1.00. The van der Waals surface area contributed by atoms with Crippen molar-refractivity contribution in [1.29, 1.82) is 0 Å². The van der Waals surface area contributed by atoms with Crippen LogP contribution in [0.2, 0.25) is 0 Å². The molecule has 2 heteroatoms. The van der Waals surface area contributed by atoms with Crippen LogP contribution < -0.4 is 0 Å². The van der Waals surface area contributed by atoms with Crippen LogP contribution in [0.4, 0.5) is 0 Å². The molecule has 0 nitrogen and oxygen atoms in total. The van der Waals surface area contributed by atoms with Crippen LogP contribution in [-0.4, -0.2) is 12.3 Å². The van der Waals surface area contributed by atoms with E-state index < -0.39 is 0 Å². The summed E-state index contributed by atoms with van der Waals surface area (Å²) in [6.07, 6.45) is 5.15. The molecule has 0 rings (SSSR count). The summed E-state index contributed by atoms with van der Waals surface area (Å²) in [7, 11) is 0. The van der Waals surface area contributed by atoms with E-state index in [-0.39, 0.29) is 6.70 Å². The Balaban J connectivity index is 4.04. The van der Waals surface area contributed by atoms with Gasteiger partial charge in [-0.25, -0.2) is 0 Å². The molecular formula is C16H34PS+. The molecule has 0 aliphatic carbocycles. The van der Waals surface area contributed by atoms with Crippen molar-refractivity contribution in [3.8, 4) is 0 Å². The van der Waals surface area contributed by atoms with Gasteiger partial charge in [0.05, 0.1) is 0 Å². The van der Waals surface area contributed by atoms with Gasteiger partial charge in [0.2, 0.25) is 0 Å². The largest absolute Gasteiger partial charge is 0.175 e. The predicted octanol–water partition coefficient (Wildman–Crippen LogP) is 6.07. The average Bonchev–Trinajstić information content (AvgIpc) is 1.92. The van der Waals surface area contributed by atoms with Crippen molar-refractivity contribution in [2.75, 3.05) is 12.3 Å². The highest BCUT2D eigenvalue weighted by atomic mass is 32.4. The highest BCUT2D eigenvalue weighted by Crippen LogP contribution is 2.35. The Hall–Kier alpha value is 0.520. The molecule has 108 valence electrons. The Morgan fingerprint density at radius 2 is 1.06 bits per heavy atom. The lowest BCUT2D eigenvalue weighted by molar-refractivity contribution is 0.319. The fourth-order valence-corrected chi connectivity index (χ4v) is 6.31. The monoisotopic (exact) mass is 289 g/mol. The van der Waals surface area contributed by atoms with Gasteiger partial charge in [-0.05, 0) is 35.5 Å². The molecule has 0 fully saturated rings. The number of rotatable bonds is 6. The SMILES string of the molecule is CC(C[P+](=S)CC(C)CC(C)(C)C)CC(C)(C)C. The summed E-state index contributed by atoms with van der Waals surface area (Å²) in [5.41, 5.74) is 0.893. The summed E-state index contributed by atoms with van der Waals surface area (Å²) in [6, 6.07) is 0. The first-order valence-corrected chi connectivity index (χ1v) is 10.0. The van der Waals surface area contributed by atoms with E-state index >= 15 is 0 Å². The molecule has 0 saturated heterocycles. The van der Waals surface area contributed by atoms with Crippen molar-refractivity contribution in [3.05, 3.63) is 0 Å². The molecule has 0 aromatic heterocycles. The Morgan fingerprint density at radius 1 is 0.778 bits per heavy atom. The summed E-state index contributed by atoms with van der Waals surface area (Å²) in [5, 5.41) is 0. The molecule has 0 aliphatic rings. The first-order chi connectivity index (χ1) is 7.89. The topological polar surface area (TPSA) is 0 Å². The van der Waals surface area contributed by atoms with Crippen LogP contribution in [0, 0.1) is 22.7 Å². The summed E-state index contributed by atoms with van der Waals surface area (Å²) in [6.45, 7) is 18.6. The zero-order chi connectivity index (χ0) is 14.6. The van der Waals surface area contributed by atoms with E-state index in [2.05, 4.69) is 55.4 Å². The number of hydrogen-bond donors (Lipinski definition) is 0. The zero-order valence-corrected chi connectivity index (χ0v) is 15.5. The van der Waals surface area contributed by atoms with Crippen LogP contribution in [0.25, 0.3) is 0 Å². The second kappa shape index (κ2) is 7.34. The highest BCUT2D eigenvalue weighted by Gasteiger charge is 2.24. The predicted molar refractivity (Wildman–Crippen MR) is 90.5 cm³/mol. The van der Waals surface area contributed by atoms with Crippen LogP contribution in [0.3, 0.4) is 0 Å². The lowest BCUT2D eigenvalue weighted by atomic mass is 9.86. The molecule has 2 atom stereocenters. The summed E-state index contributed by atoms with van der Waals surface area (Å²) in [5.74, 6) is 1.57. The van der Waals surface area contributed by atoms with Crippen molar-refractivity contribution in [1.82, 2.24) is 0 Å². The minimum atomic E-state index is -0.182. The average molecular weight is 289 g/mol. The standard InChI is InChI=1S/C16H34PS/c1-13(9-15(3,4)5)11-17(18)12-14(2)10-16(6,7)8/h13-14H,9-12H2,1-8H3/q+1. The third kappa shape index (κ3) is 11.6. The van der Waals surface area contributed by atoms with Crippen molar-refractivity contribution in [3.63, 3.8) is 0 Å². The zero-order valence-electron chi connectivity index (χ0n) is 13.8. The Kier molecular flexibility index (Phi) is 7.55. The van der Waals surface area contributed by atoms with Crippen molar-refractivity contribution >= 4 is 18.5 Å². The number of hydrogen-bond acceptors (Lipinski definition) is 1. The van der Waals surface area contributed by atoms with E-state index in [4.69, 9.17) is 11.8 Å². The van der Waals surface area contributed by atoms with Crippen molar-refractivity contribution in [2.24, 2.45) is 22.7 Å². The molecular weight excluding hydrogens is 255 g/mol. The Morgan fingerprint density at radius 3 is 1.28 bits per heavy atom. The molecule has 0 aliphatic heterocycles. The van der Waals surface area contributed by atoms with Gasteiger partial charge in [-0.3, -0.25) is 0 Å².